The molecular weight excluding hydrogens is 292 g/mol. The molecule has 0 fully saturated rings. The van der Waals surface area contributed by atoms with Gasteiger partial charge in [0.1, 0.15) is 16.9 Å². The fourth-order valence-electron chi connectivity index (χ4n) is 2.79. The monoisotopic (exact) mass is 314 g/mol. The predicted octanol–water partition coefficient (Wildman–Crippen LogP) is 3.43. The van der Waals surface area contributed by atoms with Crippen molar-refractivity contribution >= 4 is 16.9 Å². The van der Waals surface area contributed by atoms with Crippen LogP contribution in [0.1, 0.15) is 32.8 Å². The largest absolute Gasteiger partial charge is 0.497 e. The smallest absolute Gasteiger partial charge is 0.225 e. The van der Waals surface area contributed by atoms with Gasteiger partial charge in [-0.15, -0.1) is 0 Å². The van der Waals surface area contributed by atoms with Crippen molar-refractivity contribution in [2.24, 2.45) is 5.92 Å². The zero-order valence-electron chi connectivity index (χ0n) is 14.0. The molecule has 0 saturated carbocycles. The minimum Gasteiger partial charge on any atom is -0.497 e. The normalized spacial score (nSPS) is 13.6. The summed E-state index contributed by atoms with van der Waals surface area (Å²) in [7, 11) is 1.59. The number of carbonyl (C=O) groups excluding carboxylic acids is 1. The van der Waals surface area contributed by atoms with Crippen molar-refractivity contribution in [3.63, 3.8) is 0 Å². The lowest BCUT2D eigenvalue weighted by atomic mass is 9.92. The zero-order valence-corrected chi connectivity index (χ0v) is 14.0. The summed E-state index contributed by atoms with van der Waals surface area (Å²) < 4.78 is 10.6. The van der Waals surface area contributed by atoms with Gasteiger partial charge in [-0.1, -0.05) is 13.8 Å². The lowest BCUT2D eigenvalue weighted by molar-refractivity contribution is -0.121. The molecule has 2 rings (SSSR count). The molecule has 0 bridgehead atoms. The second kappa shape index (κ2) is 6.74. The Morgan fingerprint density at radius 2 is 2.22 bits per heavy atom. The lowest BCUT2D eigenvalue weighted by Crippen LogP contribution is -2.46. The van der Waals surface area contributed by atoms with Crippen molar-refractivity contribution < 1.29 is 13.9 Å². The number of methoxy groups -OCH3 is 1. The summed E-state index contributed by atoms with van der Waals surface area (Å²) in [5.74, 6) is 0.840. The molecule has 1 amide bonds. The molecule has 1 heterocycles. The summed E-state index contributed by atoms with van der Waals surface area (Å²) >= 11 is 0. The number of carbonyl (C=O) groups is 1. The van der Waals surface area contributed by atoms with Crippen LogP contribution >= 0.6 is 0 Å². The first kappa shape index (κ1) is 16.9. The van der Waals surface area contributed by atoms with Crippen LogP contribution in [0, 0.1) is 17.2 Å². The zero-order chi connectivity index (χ0) is 17.0. The number of benzene rings is 1. The Hall–Kier alpha value is -2.48. The summed E-state index contributed by atoms with van der Waals surface area (Å²) in [6.45, 7) is 5.81. The van der Waals surface area contributed by atoms with Gasteiger partial charge in [0.2, 0.25) is 5.91 Å². The highest BCUT2D eigenvalue weighted by atomic mass is 16.5. The first-order valence-electron chi connectivity index (χ1n) is 7.63. The number of rotatable bonds is 6. The molecule has 2 aromatic rings. The Kier molecular flexibility index (Phi) is 4.95. The van der Waals surface area contributed by atoms with Crippen LogP contribution in [0.5, 0.6) is 5.75 Å². The van der Waals surface area contributed by atoms with E-state index in [2.05, 4.69) is 11.4 Å². The number of nitrogens with one attached hydrogen (secondary N) is 1. The maximum atomic E-state index is 12.3. The van der Waals surface area contributed by atoms with E-state index in [1.807, 2.05) is 26.0 Å². The SMILES string of the molecule is COc1ccc2c(CC(=O)NC(C)(C#N)CC(C)C)coc2c1. The number of hydrogen-bond acceptors (Lipinski definition) is 4. The number of hydrogen-bond donors (Lipinski definition) is 1. The maximum absolute atomic E-state index is 12.3. The van der Waals surface area contributed by atoms with E-state index in [4.69, 9.17) is 9.15 Å². The van der Waals surface area contributed by atoms with Crippen LogP contribution < -0.4 is 10.1 Å². The first-order chi connectivity index (χ1) is 10.9. The van der Waals surface area contributed by atoms with E-state index < -0.39 is 5.54 Å². The van der Waals surface area contributed by atoms with E-state index in [9.17, 15) is 10.1 Å². The van der Waals surface area contributed by atoms with Crippen molar-refractivity contribution in [3.8, 4) is 11.8 Å². The van der Waals surface area contributed by atoms with Crippen LogP contribution in [0.2, 0.25) is 0 Å². The molecule has 5 heteroatoms. The lowest BCUT2D eigenvalue weighted by Gasteiger charge is -2.25. The van der Waals surface area contributed by atoms with Crippen LogP contribution in [0.4, 0.5) is 0 Å². The molecular formula is C18H22N2O3. The number of fused-ring (bicyclic) bond motifs is 1. The molecule has 1 aromatic carbocycles. The molecule has 1 atom stereocenters. The Bertz CT molecular complexity index is 742. The summed E-state index contributed by atoms with van der Waals surface area (Å²) in [6.07, 6.45) is 2.36. The highest BCUT2D eigenvalue weighted by molar-refractivity contribution is 5.88. The third-order valence-corrected chi connectivity index (χ3v) is 3.69. The van der Waals surface area contributed by atoms with Crippen molar-refractivity contribution in [2.45, 2.75) is 39.2 Å². The molecule has 1 unspecified atom stereocenters. The molecule has 0 saturated heterocycles. The van der Waals surface area contributed by atoms with Crippen LogP contribution in [0.3, 0.4) is 0 Å². The Morgan fingerprint density at radius 1 is 1.48 bits per heavy atom. The van der Waals surface area contributed by atoms with E-state index in [1.54, 1.807) is 26.4 Å². The van der Waals surface area contributed by atoms with Gasteiger partial charge in [0, 0.05) is 17.0 Å². The second-order valence-corrected chi connectivity index (χ2v) is 6.39. The highest BCUT2D eigenvalue weighted by Crippen LogP contribution is 2.26. The van der Waals surface area contributed by atoms with Crippen molar-refractivity contribution in [1.29, 1.82) is 5.26 Å². The van der Waals surface area contributed by atoms with E-state index in [1.165, 1.54) is 0 Å². The Balaban J connectivity index is 2.13. The predicted molar refractivity (Wildman–Crippen MR) is 88.1 cm³/mol. The molecule has 23 heavy (non-hydrogen) atoms. The van der Waals surface area contributed by atoms with Crippen LogP contribution in [0.25, 0.3) is 11.0 Å². The summed E-state index contributed by atoms with van der Waals surface area (Å²) in [6, 6.07) is 7.69. The van der Waals surface area contributed by atoms with Crippen molar-refractivity contribution in [3.05, 3.63) is 30.0 Å². The fraction of sp³-hybridized carbons (Fsp3) is 0.444. The fourth-order valence-corrected chi connectivity index (χ4v) is 2.79. The van der Waals surface area contributed by atoms with Gasteiger partial charge in [-0.2, -0.15) is 5.26 Å². The van der Waals surface area contributed by atoms with Crippen molar-refractivity contribution in [2.75, 3.05) is 7.11 Å². The molecule has 122 valence electrons. The van der Waals surface area contributed by atoms with E-state index >= 15 is 0 Å². The average molecular weight is 314 g/mol. The molecule has 0 spiro atoms. The number of nitriles is 1. The van der Waals surface area contributed by atoms with Crippen molar-refractivity contribution in [1.82, 2.24) is 5.32 Å². The number of ether oxygens (including phenoxy) is 1. The molecule has 0 radical (unpaired) electrons. The topological polar surface area (TPSA) is 75.3 Å². The molecule has 1 N–H and O–H groups in total. The van der Waals surface area contributed by atoms with Gasteiger partial charge in [-0.05, 0) is 31.4 Å². The third-order valence-electron chi connectivity index (χ3n) is 3.69. The maximum Gasteiger partial charge on any atom is 0.225 e. The summed E-state index contributed by atoms with van der Waals surface area (Å²) in [4.78, 5) is 12.3. The van der Waals surface area contributed by atoms with E-state index in [0.29, 0.717) is 23.7 Å². The number of amides is 1. The molecule has 0 aliphatic carbocycles. The standard InChI is InChI=1S/C18H22N2O3/c1-12(2)9-18(3,11-19)20-17(21)7-13-10-23-16-8-14(22-4)5-6-15(13)16/h5-6,8,10,12H,7,9H2,1-4H3,(H,20,21). The highest BCUT2D eigenvalue weighted by Gasteiger charge is 2.27. The average Bonchev–Trinajstić information content (AvgIpc) is 2.88. The third kappa shape index (κ3) is 4.04. The van der Waals surface area contributed by atoms with Crippen LogP contribution in [-0.2, 0) is 11.2 Å². The van der Waals surface area contributed by atoms with Gasteiger partial charge < -0.3 is 14.5 Å². The number of furan rings is 1. The van der Waals surface area contributed by atoms with Gasteiger partial charge >= 0.3 is 0 Å². The minimum atomic E-state index is -0.853. The van der Waals surface area contributed by atoms with Crippen LogP contribution in [-0.4, -0.2) is 18.6 Å². The van der Waals surface area contributed by atoms with E-state index in [-0.39, 0.29) is 12.3 Å². The first-order valence-corrected chi connectivity index (χ1v) is 7.63. The van der Waals surface area contributed by atoms with Gasteiger partial charge in [0.15, 0.2) is 0 Å². The molecule has 1 aromatic heterocycles. The number of nitrogens with zero attached hydrogens (tertiary/aromatic N) is 1. The van der Waals surface area contributed by atoms with Crippen LogP contribution in [0.15, 0.2) is 28.9 Å². The summed E-state index contributed by atoms with van der Waals surface area (Å²) in [5, 5.41) is 13.1. The van der Waals surface area contributed by atoms with Gasteiger partial charge in [0.05, 0.1) is 25.9 Å². The second-order valence-electron chi connectivity index (χ2n) is 6.39. The molecule has 0 aliphatic rings. The molecule has 5 nitrogen and oxygen atoms in total. The van der Waals surface area contributed by atoms with Gasteiger partial charge in [-0.25, -0.2) is 0 Å². The Labute approximate surface area is 136 Å². The molecule has 0 aliphatic heterocycles. The quantitative estimate of drug-likeness (QED) is 0.886. The summed E-state index contributed by atoms with van der Waals surface area (Å²) in [5.41, 5.74) is 0.621. The van der Waals surface area contributed by atoms with E-state index in [0.717, 1.165) is 10.9 Å². The minimum absolute atomic E-state index is 0.175. The van der Waals surface area contributed by atoms with Gasteiger partial charge in [0.25, 0.3) is 0 Å². The van der Waals surface area contributed by atoms with Gasteiger partial charge in [-0.3, -0.25) is 4.79 Å². The Morgan fingerprint density at radius 3 is 2.83 bits per heavy atom.